The molecule has 1 saturated heterocycles. The third-order valence-electron chi connectivity index (χ3n) is 2.33. The molecule has 1 fully saturated rings. The summed E-state index contributed by atoms with van der Waals surface area (Å²) < 4.78 is 1.03. The van der Waals surface area contributed by atoms with Crippen LogP contribution in [-0.2, 0) is 9.59 Å². The number of carbonyl (C=O) groups excluding carboxylic acids is 2. The second kappa shape index (κ2) is 5.46. The third kappa shape index (κ3) is 3.41. The first-order chi connectivity index (χ1) is 8.15. The van der Waals surface area contributed by atoms with Gasteiger partial charge in [-0.05, 0) is 34.1 Å². The predicted molar refractivity (Wildman–Crippen MR) is 70.6 cm³/mol. The van der Waals surface area contributed by atoms with E-state index in [9.17, 15) is 9.59 Å². The molecule has 6 heteroatoms. The van der Waals surface area contributed by atoms with Crippen LogP contribution in [0.1, 0.15) is 4.88 Å². The van der Waals surface area contributed by atoms with E-state index in [1.807, 2.05) is 12.1 Å². The van der Waals surface area contributed by atoms with Crippen LogP contribution in [0.5, 0.6) is 0 Å². The zero-order valence-corrected chi connectivity index (χ0v) is 11.4. The van der Waals surface area contributed by atoms with Gasteiger partial charge in [-0.1, -0.05) is 0 Å². The van der Waals surface area contributed by atoms with E-state index in [4.69, 9.17) is 0 Å². The van der Waals surface area contributed by atoms with Crippen molar-refractivity contribution in [2.75, 3.05) is 19.6 Å². The van der Waals surface area contributed by atoms with Crippen LogP contribution in [0.25, 0.3) is 6.08 Å². The van der Waals surface area contributed by atoms with Gasteiger partial charge in [0.1, 0.15) is 0 Å². The van der Waals surface area contributed by atoms with Crippen LogP contribution in [-0.4, -0.2) is 36.3 Å². The van der Waals surface area contributed by atoms with Gasteiger partial charge in [-0.3, -0.25) is 9.59 Å². The largest absolute Gasteiger partial charge is 0.353 e. The van der Waals surface area contributed by atoms with Gasteiger partial charge in [0.2, 0.25) is 11.8 Å². The van der Waals surface area contributed by atoms with Gasteiger partial charge >= 0.3 is 0 Å². The number of piperazine rings is 1. The number of thiophene rings is 1. The predicted octanol–water partition coefficient (Wildman–Crippen LogP) is 1.48. The van der Waals surface area contributed by atoms with Crippen LogP contribution in [0.2, 0.25) is 0 Å². The average molecular weight is 315 g/mol. The smallest absolute Gasteiger partial charge is 0.247 e. The molecule has 1 aliphatic rings. The third-order valence-corrected chi connectivity index (χ3v) is 3.92. The van der Waals surface area contributed by atoms with E-state index in [1.54, 1.807) is 17.4 Å². The second-order valence-corrected chi connectivity index (χ2v) is 6.08. The minimum absolute atomic E-state index is 0.100. The molecule has 2 amide bonds. The summed E-state index contributed by atoms with van der Waals surface area (Å²) in [5, 5.41) is 2.68. The highest BCUT2D eigenvalue weighted by atomic mass is 79.9. The van der Waals surface area contributed by atoms with Crippen molar-refractivity contribution in [3.05, 3.63) is 26.9 Å². The Balaban J connectivity index is 1.96. The van der Waals surface area contributed by atoms with Crippen molar-refractivity contribution in [2.24, 2.45) is 0 Å². The maximum atomic E-state index is 11.8. The molecule has 2 heterocycles. The molecule has 4 nitrogen and oxygen atoms in total. The Hall–Kier alpha value is -1.14. The first-order valence-electron chi connectivity index (χ1n) is 5.14. The molecule has 0 spiro atoms. The molecule has 1 N–H and O–H groups in total. The Morgan fingerprint density at radius 1 is 1.53 bits per heavy atom. The topological polar surface area (TPSA) is 49.4 Å². The first kappa shape index (κ1) is 12.3. The van der Waals surface area contributed by atoms with E-state index in [2.05, 4.69) is 21.2 Å². The quantitative estimate of drug-likeness (QED) is 0.841. The summed E-state index contributed by atoms with van der Waals surface area (Å²) in [6.45, 7) is 1.25. The van der Waals surface area contributed by atoms with Crippen LogP contribution in [0, 0.1) is 0 Å². The monoisotopic (exact) mass is 314 g/mol. The maximum absolute atomic E-state index is 11.8. The molecule has 1 aromatic heterocycles. The number of rotatable bonds is 2. The minimum Gasteiger partial charge on any atom is -0.353 e. The van der Waals surface area contributed by atoms with Crippen molar-refractivity contribution in [3.8, 4) is 0 Å². The van der Waals surface area contributed by atoms with Gasteiger partial charge in [-0.25, -0.2) is 0 Å². The molecule has 0 unspecified atom stereocenters. The molecular formula is C11H11BrN2O2S. The molecule has 2 rings (SSSR count). The normalized spacial score (nSPS) is 16.3. The Bertz CT molecular complexity index is 470. The molecule has 1 aromatic rings. The summed E-state index contributed by atoms with van der Waals surface area (Å²) in [6.07, 6.45) is 3.28. The van der Waals surface area contributed by atoms with Crippen molar-refractivity contribution < 1.29 is 9.59 Å². The average Bonchev–Trinajstić information content (AvgIpc) is 2.72. The first-order valence-corrected chi connectivity index (χ1v) is 6.75. The number of amides is 2. The lowest BCUT2D eigenvalue weighted by Gasteiger charge is -2.25. The number of carbonyl (C=O) groups is 2. The Kier molecular flexibility index (Phi) is 3.96. The van der Waals surface area contributed by atoms with Crippen molar-refractivity contribution in [1.82, 2.24) is 10.2 Å². The molecule has 90 valence electrons. The standard InChI is InChI=1S/C11H11BrN2O2S/c12-9-3-1-8(17-9)2-4-11(16)14-6-5-13-10(15)7-14/h1-4H,5-7H2,(H,13,15)/b4-2+. The number of hydrogen-bond acceptors (Lipinski definition) is 3. The minimum atomic E-state index is -0.121. The highest BCUT2D eigenvalue weighted by Crippen LogP contribution is 2.23. The summed E-state index contributed by atoms with van der Waals surface area (Å²) in [4.78, 5) is 25.4. The van der Waals surface area contributed by atoms with Gasteiger partial charge in [-0.2, -0.15) is 0 Å². The fourth-order valence-electron chi connectivity index (χ4n) is 1.50. The molecular weight excluding hydrogens is 304 g/mol. The number of nitrogens with zero attached hydrogens (tertiary/aromatic N) is 1. The van der Waals surface area contributed by atoms with E-state index < -0.39 is 0 Å². The van der Waals surface area contributed by atoms with E-state index in [1.165, 1.54) is 11.0 Å². The van der Waals surface area contributed by atoms with E-state index in [0.29, 0.717) is 13.1 Å². The van der Waals surface area contributed by atoms with E-state index in [-0.39, 0.29) is 18.4 Å². The summed E-state index contributed by atoms with van der Waals surface area (Å²) >= 11 is 4.92. The van der Waals surface area contributed by atoms with Crippen LogP contribution >= 0.6 is 27.3 Å². The lowest BCUT2D eigenvalue weighted by molar-refractivity contribution is -0.134. The van der Waals surface area contributed by atoms with Crippen LogP contribution in [0.15, 0.2) is 22.0 Å². The molecule has 0 aromatic carbocycles. The molecule has 0 atom stereocenters. The maximum Gasteiger partial charge on any atom is 0.247 e. The van der Waals surface area contributed by atoms with Crippen molar-refractivity contribution >= 4 is 45.2 Å². The van der Waals surface area contributed by atoms with Crippen LogP contribution < -0.4 is 5.32 Å². The molecule has 17 heavy (non-hydrogen) atoms. The highest BCUT2D eigenvalue weighted by Gasteiger charge is 2.18. The highest BCUT2D eigenvalue weighted by molar-refractivity contribution is 9.11. The summed E-state index contributed by atoms with van der Waals surface area (Å²) in [7, 11) is 0. The van der Waals surface area contributed by atoms with Crippen molar-refractivity contribution in [1.29, 1.82) is 0 Å². The van der Waals surface area contributed by atoms with E-state index >= 15 is 0 Å². The number of halogens is 1. The van der Waals surface area contributed by atoms with Gasteiger partial charge in [-0.15, -0.1) is 11.3 Å². The lowest BCUT2D eigenvalue weighted by Crippen LogP contribution is -2.49. The zero-order valence-electron chi connectivity index (χ0n) is 8.98. The number of nitrogens with one attached hydrogen (secondary N) is 1. The summed E-state index contributed by atoms with van der Waals surface area (Å²) in [5.74, 6) is -0.221. The fourth-order valence-corrected chi connectivity index (χ4v) is 2.83. The van der Waals surface area contributed by atoms with Crippen molar-refractivity contribution in [2.45, 2.75) is 0 Å². The van der Waals surface area contributed by atoms with Gasteiger partial charge in [0.25, 0.3) is 0 Å². The molecule has 0 radical (unpaired) electrons. The lowest BCUT2D eigenvalue weighted by atomic mass is 10.3. The van der Waals surface area contributed by atoms with Crippen molar-refractivity contribution in [3.63, 3.8) is 0 Å². The Morgan fingerprint density at radius 3 is 3.00 bits per heavy atom. The van der Waals surface area contributed by atoms with E-state index in [0.717, 1.165) is 8.66 Å². The Morgan fingerprint density at radius 2 is 2.35 bits per heavy atom. The molecule has 0 bridgehead atoms. The molecule has 1 aliphatic heterocycles. The summed E-state index contributed by atoms with van der Waals surface area (Å²) in [6, 6.07) is 3.87. The second-order valence-electron chi connectivity index (χ2n) is 3.58. The fraction of sp³-hybridized carbons (Fsp3) is 0.273. The molecule has 0 aliphatic carbocycles. The van der Waals surface area contributed by atoms with Crippen LogP contribution in [0.3, 0.4) is 0 Å². The Labute approximate surface area is 111 Å². The zero-order chi connectivity index (χ0) is 12.3. The number of hydrogen-bond donors (Lipinski definition) is 1. The summed E-state index contributed by atoms with van der Waals surface area (Å²) in [5.41, 5.74) is 0. The van der Waals surface area contributed by atoms with Gasteiger partial charge < -0.3 is 10.2 Å². The van der Waals surface area contributed by atoms with Gasteiger partial charge in [0.15, 0.2) is 0 Å². The van der Waals surface area contributed by atoms with Gasteiger partial charge in [0, 0.05) is 24.0 Å². The van der Waals surface area contributed by atoms with Gasteiger partial charge in [0.05, 0.1) is 10.3 Å². The SMILES string of the molecule is O=C1CN(C(=O)/C=C/c2ccc(Br)s2)CCN1. The molecule has 0 saturated carbocycles. The van der Waals surface area contributed by atoms with Crippen LogP contribution in [0.4, 0.5) is 0 Å².